The van der Waals surface area contributed by atoms with Crippen molar-refractivity contribution in [2.45, 2.75) is 44.3 Å². The minimum Gasteiger partial charge on any atom is -0.468 e. The maximum Gasteiger partial charge on any atom is 0.287 e. The number of amides is 1. The number of hydrogen-bond acceptors (Lipinski definition) is 6. The maximum absolute atomic E-state index is 11.3. The molecule has 0 aromatic heterocycles. The number of nitrogens with one attached hydrogen (secondary N) is 1. The lowest BCUT2D eigenvalue weighted by Gasteiger charge is -2.12. The Morgan fingerprint density at radius 2 is 2.22 bits per heavy atom. The third-order valence-electron chi connectivity index (χ3n) is 4.07. The zero-order chi connectivity index (χ0) is 16.1. The fraction of sp³-hybridized carbons (Fsp3) is 0.500. The molecule has 1 aromatic rings. The number of carbonyl (C=O) groups is 1. The van der Waals surface area contributed by atoms with Gasteiger partial charge in [0.25, 0.3) is 5.91 Å². The Hall–Kier alpha value is -2.12. The quantitative estimate of drug-likeness (QED) is 0.475. The molecule has 1 atom stereocenters. The van der Waals surface area contributed by atoms with Gasteiger partial charge in [0.2, 0.25) is 6.10 Å². The molecule has 124 valence electrons. The zero-order valence-electron chi connectivity index (χ0n) is 12.7. The molecule has 1 aromatic carbocycles. The molecule has 0 bridgehead atoms. The molecule has 1 heterocycles. The van der Waals surface area contributed by atoms with Crippen molar-refractivity contribution in [3.05, 3.63) is 29.8 Å². The fourth-order valence-corrected chi connectivity index (χ4v) is 2.78. The van der Waals surface area contributed by atoms with Crippen molar-refractivity contribution in [2.24, 2.45) is 5.16 Å². The monoisotopic (exact) mass is 320 g/mol. The number of benzene rings is 1. The molecule has 0 unspecified atom stereocenters. The lowest BCUT2D eigenvalue weighted by atomic mass is 10.0. The van der Waals surface area contributed by atoms with Gasteiger partial charge in [0.1, 0.15) is 5.75 Å². The first-order chi connectivity index (χ1) is 11.3. The molecule has 0 saturated heterocycles. The van der Waals surface area contributed by atoms with Gasteiger partial charge in [-0.05, 0) is 25.0 Å². The van der Waals surface area contributed by atoms with Gasteiger partial charge in [-0.2, -0.15) is 0 Å². The highest BCUT2D eigenvalue weighted by Crippen LogP contribution is 2.23. The van der Waals surface area contributed by atoms with Crippen molar-refractivity contribution in [3.8, 4) is 5.75 Å². The largest absolute Gasteiger partial charge is 0.468 e. The van der Waals surface area contributed by atoms with E-state index in [-0.39, 0.29) is 6.79 Å². The summed E-state index contributed by atoms with van der Waals surface area (Å²) >= 11 is 0. The van der Waals surface area contributed by atoms with Gasteiger partial charge in [-0.1, -0.05) is 30.1 Å². The molecule has 1 fully saturated rings. The first-order valence-electron chi connectivity index (χ1n) is 7.78. The fourth-order valence-electron chi connectivity index (χ4n) is 2.78. The molecular weight excluding hydrogens is 300 g/mol. The molecule has 7 heteroatoms. The molecule has 1 aliphatic heterocycles. The lowest BCUT2D eigenvalue weighted by molar-refractivity contribution is -0.139. The summed E-state index contributed by atoms with van der Waals surface area (Å²) in [4.78, 5) is 16.3. The Morgan fingerprint density at radius 1 is 1.39 bits per heavy atom. The number of oxime groups is 1. The van der Waals surface area contributed by atoms with E-state index in [4.69, 9.17) is 19.5 Å². The number of hydroxylamine groups is 1. The highest BCUT2D eigenvalue weighted by molar-refractivity contribution is 6.04. The van der Waals surface area contributed by atoms with Crippen LogP contribution in [0.25, 0.3) is 0 Å². The topological polar surface area (TPSA) is 89.4 Å². The summed E-state index contributed by atoms with van der Waals surface area (Å²) in [6.07, 6.45) is 4.46. The van der Waals surface area contributed by atoms with E-state index in [1.807, 2.05) is 24.3 Å². The van der Waals surface area contributed by atoms with E-state index in [0.717, 1.165) is 18.4 Å². The first-order valence-corrected chi connectivity index (χ1v) is 7.78. The second kappa shape index (κ2) is 7.43. The third-order valence-corrected chi connectivity index (χ3v) is 4.07. The smallest absolute Gasteiger partial charge is 0.287 e. The lowest BCUT2D eigenvalue weighted by Crippen LogP contribution is -2.32. The number of ether oxygens (including phenoxy) is 2. The average Bonchev–Trinajstić information content (AvgIpc) is 3.26. The summed E-state index contributed by atoms with van der Waals surface area (Å²) in [5.74, 6) is 0.0689. The summed E-state index contributed by atoms with van der Waals surface area (Å²) in [5, 5.41) is 12.5. The van der Waals surface area contributed by atoms with Crippen molar-refractivity contribution >= 4 is 11.6 Å². The van der Waals surface area contributed by atoms with Crippen LogP contribution in [-0.4, -0.2) is 35.8 Å². The van der Waals surface area contributed by atoms with Crippen LogP contribution in [0.5, 0.6) is 5.75 Å². The van der Waals surface area contributed by atoms with Crippen molar-refractivity contribution in [2.75, 3.05) is 6.79 Å². The van der Waals surface area contributed by atoms with Crippen LogP contribution < -0.4 is 10.2 Å². The van der Waals surface area contributed by atoms with Gasteiger partial charge in [0.15, 0.2) is 6.79 Å². The van der Waals surface area contributed by atoms with Crippen molar-refractivity contribution in [1.29, 1.82) is 0 Å². The SMILES string of the molecule is O=C(NO)[C@@H]1CC(c2cccc(OCOC3CCCC3)c2)=NO1. The van der Waals surface area contributed by atoms with Gasteiger partial charge in [-0.15, -0.1) is 0 Å². The van der Waals surface area contributed by atoms with Crippen LogP contribution >= 0.6 is 0 Å². The normalized spacial score (nSPS) is 20.9. The molecule has 23 heavy (non-hydrogen) atoms. The van der Waals surface area contributed by atoms with Gasteiger partial charge in [0, 0.05) is 12.0 Å². The van der Waals surface area contributed by atoms with E-state index in [0.29, 0.717) is 24.0 Å². The van der Waals surface area contributed by atoms with Gasteiger partial charge < -0.3 is 14.3 Å². The summed E-state index contributed by atoms with van der Waals surface area (Å²) in [6, 6.07) is 7.39. The predicted molar refractivity (Wildman–Crippen MR) is 81.2 cm³/mol. The molecule has 0 spiro atoms. The van der Waals surface area contributed by atoms with Gasteiger partial charge in [-0.25, -0.2) is 5.48 Å². The Labute approximate surface area is 134 Å². The van der Waals surface area contributed by atoms with E-state index in [9.17, 15) is 4.79 Å². The molecule has 2 N–H and O–H groups in total. The standard InChI is InChI=1S/C16H20N2O5/c19-16(17-20)15-9-14(18-23-15)11-4-3-7-13(8-11)22-10-21-12-5-1-2-6-12/h3-4,7-8,12,15,20H,1-2,5-6,9-10H2,(H,17,19)/t15-/m0/s1. The minimum absolute atomic E-state index is 0.229. The first kappa shape index (κ1) is 15.8. The average molecular weight is 320 g/mol. The van der Waals surface area contributed by atoms with Gasteiger partial charge in [-0.3, -0.25) is 10.0 Å². The van der Waals surface area contributed by atoms with Gasteiger partial charge in [0.05, 0.1) is 11.8 Å². The van der Waals surface area contributed by atoms with E-state index < -0.39 is 12.0 Å². The highest BCUT2D eigenvalue weighted by atomic mass is 16.7. The predicted octanol–water partition coefficient (Wildman–Crippen LogP) is 1.98. The number of hydrogen-bond donors (Lipinski definition) is 2. The molecule has 1 amide bonds. The van der Waals surface area contributed by atoms with Crippen LogP contribution in [0.3, 0.4) is 0 Å². The second-order valence-electron chi connectivity index (χ2n) is 5.68. The van der Waals surface area contributed by atoms with Crippen LogP contribution in [0.2, 0.25) is 0 Å². The number of rotatable bonds is 6. The van der Waals surface area contributed by atoms with Crippen LogP contribution in [0, 0.1) is 0 Å². The molecule has 1 aliphatic carbocycles. The van der Waals surface area contributed by atoms with Crippen LogP contribution in [0.15, 0.2) is 29.4 Å². The van der Waals surface area contributed by atoms with E-state index in [1.165, 1.54) is 12.8 Å². The van der Waals surface area contributed by atoms with E-state index in [1.54, 1.807) is 5.48 Å². The molecule has 7 nitrogen and oxygen atoms in total. The summed E-state index contributed by atoms with van der Waals surface area (Å²) in [7, 11) is 0. The Morgan fingerprint density at radius 3 is 3.00 bits per heavy atom. The molecular formula is C16H20N2O5. The second-order valence-corrected chi connectivity index (χ2v) is 5.68. The number of nitrogens with zero attached hydrogens (tertiary/aromatic N) is 1. The van der Waals surface area contributed by atoms with Crippen LogP contribution in [0.4, 0.5) is 0 Å². The molecule has 3 rings (SSSR count). The van der Waals surface area contributed by atoms with E-state index >= 15 is 0 Å². The molecule has 0 radical (unpaired) electrons. The van der Waals surface area contributed by atoms with Crippen molar-refractivity contribution < 1.29 is 24.3 Å². The Balaban J connectivity index is 1.54. The van der Waals surface area contributed by atoms with Crippen molar-refractivity contribution in [1.82, 2.24) is 5.48 Å². The Kier molecular flexibility index (Phi) is 5.09. The zero-order valence-corrected chi connectivity index (χ0v) is 12.7. The molecule has 2 aliphatic rings. The maximum atomic E-state index is 11.3. The Bertz CT molecular complexity index is 584. The highest BCUT2D eigenvalue weighted by Gasteiger charge is 2.28. The van der Waals surface area contributed by atoms with Crippen LogP contribution in [0.1, 0.15) is 37.7 Å². The van der Waals surface area contributed by atoms with Crippen LogP contribution in [-0.2, 0) is 14.4 Å². The summed E-state index contributed by atoms with van der Waals surface area (Å²) < 4.78 is 11.3. The van der Waals surface area contributed by atoms with Gasteiger partial charge >= 0.3 is 0 Å². The molecule has 1 saturated carbocycles. The number of carbonyl (C=O) groups excluding carboxylic acids is 1. The summed E-state index contributed by atoms with van der Waals surface area (Å²) in [6.45, 7) is 0.229. The van der Waals surface area contributed by atoms with Crippen molar-refractivity contribution in [3.63, 3.8) is 0 Å². The van der Waals surface area contributed by atoms with E-state index in [2.05, 4.69) is 5.16 Å². The third kappa shape index (κ3) is 4.00. The minimum atomic E-state index is -0.801. The summed E-state index contributed by atoms with van der Waals surface area (Å²) in [5.41, 5.74) is 3.02.